The summed E-state index contributed by atoms with van der Waals surface area (Å²) in [5.74, 6) is 4.42. The number of halogens is 1. The Morgan fingerprint density at radius 1 is 1.50 bits per heavy atom. The van der Waals surface area contributed by atoms with Gasteiger partial charge in [0.2, 0.25) is 5.91 Å². The normalized spacial score (nSPS) is 17.6. The van der Waals surface area contributed by atoms with Gasteiger partial charge in [-0.25, -0.2) is 0 Å². The van der Waals surface area contributed by atoms with Crippen LogP contribution in [0.5, 0.6) is 0 Å². The van der Waals surface area contributed by atoms with Crippen molar-refractivity contribution in [2.75, 3.05) is 11.4 Å². The molecule has 5 heteroatoms. The molecule has 1 aliphatic heterocycles. The molecule has 4 nitrogen and oxygen atoms in total. The van der Waals surface area contributed by atoms with Crippen molar-refractivity contribution in [1.82, 2.24) is 5.32 Å². The summed E-state index contributed by atoms with van der Waals surface area (Å²) in [4.78, 5) is 25.4. The van der Waals surface area contributed by atoms with Gasteiger partial charge >= 0.3 is 0 Å². The number of carbonyl (C=O) groups is 2. The smallest absolute Gasteiger partial charge is 0.296 e. The highest BCUT2D eigenvalue weighted by molar-refractivity contribution is 9.10. The molecule has 1 heterocycles. The van der Waals surface area contributed by atoms with Crippen molar-refractivity contribution >= 4 is 33.4 Å². The van der Waals surface area contributed by atoms with Gasteiger partial charge in [-0.1, -0.05) is 21.9 Å². The molecule has 0 bridgehead atoms. The van der Waals surface area contributed by atoms with Gasteiger partial charge in [-0.15, -0.1) is 0 Å². The van der Waals surface area contributed by atoms with Crippen molar-refractivity contribution in [3.8, 4) is 11.8 Å². The molecule has 1 aliphatic rings. The molecular weight excluding hydrogens is 320 g/mol. The first-order chi connectivity index (χ1) is 9.52. The lowest BCUT2D eigenvalue weighted by molar-refractivity contribution is -0.123. The zero-order valence-electron chi connectivity index (χ0n) is 11.4. The van der Waals surface area contributed by atoms with Gasteiger partial charge in [0.15, 0.2) is 0 Å². The first-order valence-corrected chi connectivity index (χ1v) is 7.13. The van der Waals surface area contributed by atoms with Gasteiger partial charge in [0.05, 0.1) is 0 Å². The minimum absolute atomic E-state index is 0.0852. The Bertz CT molecular complexity index is 616. The maximum absolute atomic E-state index is 12.3. The van der Waals surface area contributed by atoms with E-state index in [0.29, 0.717) is 13.0 Å². The topological polar surface area (TPSA) is 49.4 Å². The summed E-state index contributed by atoms with van der Waals surface area (Å²) in [7, 11) is 0. The van der Waals surface area contributed by atoms with Gasteiger partial charge in [0.1, 0.15) is 6.04 Å². The van der Waals surface area contributed by atoms with Crippen LogP contribution >= 0.6 is 15.9 Å². The zero-order valence-corrected chi connectivity index (χ0v) is 13.0. The Balaban J connectivity index is 2.12. The molecule has 104 valence electrons. The highest BCUT2D eigenvalue weighted by atomic mass is 79.9. The van der Waals surface area contributed by atoms with Crippen molar-refractivity contribution in [3.05, 3.63) is 28.2 Å². The summed E-state index contributed by atoms with van der Waals surface area (Å²) in [5.41, 5.74) is 1.92. The van der Waals surface area contributed by atoms with Crippen LogP contribution in [-0.4, -0.2) is 24.4 Å². The summed E-state index contributed by atoms with van der Waals surface area (Å²) in [5, 5.41) is 2.64. The monoisotopic (exact) mass is 334 g/mol. The van der Waals surface area contributed by atoms with Crippen LogP contribution in [-0.2, 0) is 9.59 Å². The molecule has 2 amide bonds. The number of aryl methyl sites for hydroxylation is 1. The Labute approximate surface area is 126 Å². The molecule has 0 aliphatic carbocycles. The molecule has 1 atom stereocenters. The van der Waals surface area contributed by atoms with E-state index in [1.165, 1.54) is 0 Å². The minimum atomic E-state index is -0.479. The Morgan fingerprint density at radius 3 is 2.90 bits per heavy atom. The highest BCUT2D eigenvalue weighted by Gasteiger charge is 2.33. The summed E-state index contributed by atoms with van der Waals surface area (Å²) in [6, 6.07) is 5.29. The van der Waals surface area contributed by atoms with E-state index in [4.69, 9.17) is 0 Å². The van der Waals surface area contributed by atoms with Crippen molar-refractivity contribution in [1.29, 1.82) is 0 Å². The molecule has 0 radical (unpaired) electrons. The number of amides is 2. The molecule has 1 unspecified atom stereocenters. The van der Waals surface area contributed by atoms with E-state index in [9.17, 15) is 9.59 Å². The van der Waals surface area contributed by atoms with Gasteiger partial charge in [-0.05, 0) is 50.0 Å². The average molecular weight is 335 g/mol. The quantitative estimate of drug-likeness (QED) is 0.841. The van der Waals surface area contributed by atoms with E-state index >= 15 is 0 Å². The van der Waals surface area contributed by atoms with Crippen LogP contribution in [0.2, 0.25) is 0 Å². The van der Waals surface area contributed by atoms with E-state index in [-0.39, 0.29) is 5.91 Å². The Kier molecular flexibility index (Phi) is 4.46. The fraction of sp³-hybridized carbons (Fsp3) is 0.333. The molecule has 0 spiro atoms. The molecule has 20 heavy (non-hydrogen) atoms. The number of nitrogens with zero attached hydrogens (tertiary/aromatic N) is 1. The summed E-state index contributed by atoms with van der Waals surface area (Å²) in [6.07, 6.45) is 0.602. The average Bonchev–Trinajstić information content (AvgIpc) is 2.75. The molecular formula is C15H15BrN2O2. The number of nitrogens with one attached hydrogen (secondary N) is 1. The van der Waals surface area contributed by atoms with Crippen molar-refractivity contribution in [2.24, 2.45) is 0 Å². The SMILES string of the molecule is CC#CC(=O)NC1CCN(c2ccc(Br)c(C)c2)C1=O. The van der Waals surface area contributed by atoms with Crippen LogP contribution in [0, 0.1) is 18.8 Å². The van der Waals surface area contributed by atoms with Crippen molar-refractivity contribution in [3.63, 3.8) is 0 Å². The number of hydrogen-bond donors (Lipinski definition) is 1. The maximum Gasteiger partial charge on any atom is 0.296 e. The van der Waals surface area contributed by atoms with Crippen LogP contribution in [0.25, 0.3) is 0 Å². The third-order valence-electron chi connectivity index (χ3n) is 3.20. The molecule has 2 rings (SSSR count). The lowest BCUT2D eigenvalue weighted by Gasteiger charge is -2.17. The van der Waals surface area contributed by atoms with Crippen molar-refractivity contribution in [2.45, 2.75) is 26.3 Å². The Hall–Kier alpha value is -1.80. The predicted molar refractivity (Wildman–Crippen MR) is 81.2 cm³/mol. The number of benzene rings is 1. The van der Waals surface area contributed by atoms with E-state index in [1.807, 2.05) is 25.1 Å². The molecule has 1 fully saturated rings. The third kappa shape index (κ3) is 3.02. The van der Waals surface area contributed by atoms with Crippen LogP contribution in [0.4, 0.5) is 5.69 Å². The number of rotatable bonds is 2. The number of hydrogen-bond acceptors (Lipinski definition) is 2. The minimum Gasteiger partial charge on any atom is -0.333 e. The van der Waals surface area contributed by atoms with Gasteiger partial charge < -0.3 is 10.2 Å². The van der Waals surface area contributed by atoms with Crippen LogP contribution in [0.15, 0.2) is 22.7 Å². The van der Waals surface area contributed by atoms with E-state index < -0.39 is 11.9 Å². The largest absolute Gasteiger partial charge is 0.333 e. The van der Waals surface area contributed by atoms with Gasteiger partial charge in [0.25, 0.3) is 5.91 Å². The van der Waals surface area contributed by atoms with E-state index in [2.05, 4.69) is 33.1 Å². The molecule has 0 aromatic heterocycles. The van der Waals surface area contributed by atoms with Gasteiger partial charge in [-0.3, -0.25) is 9.59 Å². The van der Waals surface area contributed by atoms with Crippen LogP contribution in [0.3, 0.4) is 0 Å². The molecule has 0 saturated carbocycles. The van der Waals surface area contributed by atoms with Crippen LogP contribution < -0.4 is 10.2 Å². The lowest BCUT2D eigenvalue weighted by Crippen LogP contribution is -2.41. The number of carbonyl (C=O) groups excluding carboxylic acids is 2. The first kappa shape index (κ1) is 14.6. The summed E-state index contributed by atoms with van der Waals surface area (Å²) in [6.45, 7) is 4.17. The number of anilines is 1. The van der Waals surface area contributed by atoms with Gasteiger partial charge in [-0.2, -0.15) is 0 Å². The van der Waals surface area contributed by atoms with Crippen molar-refractivity contribution < 1.29 is 9.59 Å². The lowest BCUT2D eigenvalue weighted by atomic mass is 10.2. The standard InChI is InChI=1S/C15H15BrN2O2/c1-3-4-14(19)17-13-7-8-18(15(13)20)11-5-6-12(16)10(2)9-11/h5-6,9,13H,7-8H2,1-2H3,(H,17,19). The molecule has 1 N–H and O–H groups in total. The third-order valence-corrected chi connectivity index (χ3v) is 4.09. The fourth-order valence-electron chi connectivity index (χ4n) is 2.17. The van der Waals surface area contributed by atoms with Gasteiger partial charge in [0, 0.05) is 16.7 Å². The predicted octanol–water partition coefficient (Wildman–Crippen LogP) is 2.00. The molecule has 1 saturated heterocycles. The molecule has 1 aromatic rings. The second-order valence-electron chi connectivity index (χ2n) is 4.61. The first-order valence-electron chi connectivity index (χ1n) is 6.33. The van der Waals surface area contributed by atoms with Crippen LogP contribution in [0.1, 0.15) is 18.9 Å². The maximum atomic E-state index is 12.3. The summed E-state index contributed by atoms with van der Waals surface area (Å²) >= 11 is 3.44. The second kappa shape index (κ2) is 6.10. The molecule has 1 aromatic carbocycles. The van der Waals surface area contributed by atoms with E-state index in [0.717, 1.165) is 15.7 Å². The zero-order chi connectivity index (χ0) is 14.7. The van der Waals surface area contributed by atoms with E-state index in [1.54, 1.807) is 11.8 Å². The second-order valence-corrected chi connectivity index (χ2v) is 5.47. The fourth-order valence-corrected chi connectivity index (χ4v) is 2.42. The highest BCUT2D eigenvalue weighted by Crippen LogP contribution is 2.26. The Morgan fingerprint density at radius 2 is 2.25 bits per heavy atom. The summed E-state index contributed by atoms with van der Waals surface area (Å²) < 4.78 is 1.01.